The van der Waals surface area contributed by atoms with E-state index >= 15 is 0 Å². The van der Waals surface area contributed by atoms with Crippen LogP contribution in [0.1, 0.15) is 61.6 Å². The average Bonchev–Trinajstić information content (AvgIpc) is 4.05. The van der Waals surface area contributed by atoms with Crippen LogP contribution in [0.25, 0.3) is 16.8 Å². The third-order valence-corrected chi connectivity index (χ3v) is 13.4. The zero-order valence-electron chi connectivity index (χ0n) is 29.9. The molecule has 2 aliphatic heterocycles. The summed E-state index contributed by atoms with van der Waals surface area (Å²) in [5.41, 5.74) is 1.64. The van der Waals surface area contributed by atoms with E-state index in [9.17, 15) is 27.6 Å². The molecule has 2 N–H and O–H groups in total. The molecule has 0 unspecified atom stereocenters. The highest BCUT2D eigenvalue weighted by Gasteiger charge is 2.62. The molecule has 3 fully saturated rings. The van der Waals surface area contributed by atoms with Crippen LogP contribution in [0, 0.1) is 17.8 Å². The molecule has 3 aromatic rings. The summed E-state index contributed by atoms with van der Waals surface area (Å²) in [7, 11) is -3.89. The zero-order chi connectivity index (χ0) is 37.6. The van der Waals surface area contributed by atoms with Gasteiger partial charge < -0.3 is 19.7 Å². The monoisotopic (exact) mass is 752 g/mol. The summed E-state index contributed by atoms with van der Waals surface area (Å²) in [6.45, 7) is 4.04. The Labute approximate surface area is 314 Å². The van der Waals surface area contributed by atoms with Crippen molar-refractivity contribution in [1.29, 1.82) is 0 Å². The van der Waals surface area contributed by atoms with Gasteiger partial charge in [0, 0.05) is 23.9 Å². The maximum Gasteiger partial charge on any atom is 0.306 e. The van der Waals surface area contributed by atoms with Crippen molar-refractivity contribution in [2.45, 2.75) is 80.7 Å². The Morgan fingerprint density at radius 2 is 1.81 bits per heavy atom. The number of amides is 3. The van der Waals surface area contributed by atoms with E-state index in [-0.39, 0.29) is 44.2 Å². The summed E-state index contributed by atoms with van der Waals surface area (Å²) in [6.07, 6.45) is 10.1. The number of fused-ring (bicyclic) bond motifs is 4. The van der Waals surface area contributed by atoms with Crippen molar-refractivity contribution in [3.8, 4) is 5.88 Å². The van der Waals surface area contributed by atoms with E-state index < -0.39 is 62.6 Å². The minimum atomic E-state index is -3.89. The Morgan fingerprint density at radius 1 is 1.04 bits per heavy atom. The lowest BCUT2D eigenvalue weighted by Gasteiger charge is -2.31. The summed E-state index contributed by atoms with van der Waals surface area (Å²) in [4.78, 5) is 62.3. The van der Waals surface area contributed by atoms with Crippen molar-refractivity contribution < 1.29 is 37.1 Å². The van der Waals surface area contributed by atoms with E-state index in [0.29, 0.717) is 44.4 Å². The Bertz CT molecular complexity index is 2140. The average molecular weight is 753 g/mol. The quantitative estimate of drug-likeness (QED) is 0.268. The number of sulfonamides is 1. The van der Waals surface area contributed by atoms with Gasteiger partial charge in [-0.1, -0.05) is 54.6 Å². The summed E-state index contributed by atoms with van der Waals surface area (Å²) < 4.78 is 39.9. The van der Waals surface area contributed by atoms with Gasteiger partial charge in [0.2, 0.25) is 27.7 Å². The van der Waals surface area contributed by atoms with Gasteiger partial charge in [-0.25, -0.2) is 13.4 Å². The first-order valence-electron chi connectivity index (χ1n) is 18.8. The van der Waals surface area contributed by atoms with Gasteiger partial charge in [0.05, 0.1) is 30.7 Å². The number of rotatable bonds is 7. The van der Waals surface area contributed by atoms with E-state index in [1.54, 1.807) is 6.20 Å². The lowest BCUT2D eigenvalue weighted by atomic mass is 9.85. The molecule has 54 heavy (non-hydrogen) atoms. The molecule has 4 bridgehead atoms. The highest BCUT2D eigenvalue weighted by molar-refractivity contribution is 7.91. The Balaban J connectivity index is 1.13. The number of benzene rings is 2. The largest absolute Gasteiger partial charge is 0.472 e. The number of carbonyl (C=O) groups is 4. The SMILES string of the molecule is C=C[C@H]1C[C@]1(NC(=O)[C@@H]1C[C@@H]2CN1C(=O)[C@H](C1Cc3ccccc3C1)CC(=O)OCCC/C=C/c1ccc3ccnc(c3c1)O2)C(=O)NS(=O)(=O)C1CC1. The molecule has 8 rings (SSSR count). The van der Waals surface area contributed by atoms with Crippen LogP contribution in [0.15, 0.2) is 73.5 Å². The van der Waals surface area contributed by atoms with Crippen molar-refractivity contribution in [2.75, 3.05) is 13.2 Å². The van der Waals surface area contributed by atoms with Gasteiger partial charge in [0.25, 0.3) is 5.91 Å². The Kier molecular flexibility index (Phi) is 9.53. The van der Waals surface area contributed by atoms with Crippen LogP contribution in [0.4, 0.5) is 0 Å². The predicted molar refractivity (Wildman–Crippen MR) is 200 cm³/mol. The lowest BCUT2D eigenvalue weighted by molar-refractivity contribution is -0.152. The third kappa shape index (κ3) is 7.13. The maximum atomic E-state index is 14.9. The molecule has 0 radical (unpaired) electrons. The van der Waals surface area contributed by atoms with Crippen LogP contribution in [0.5, 0.6) is 5.88 Å². The van der Waals surface area contributed by atoms with E-state index in [4.69, 9.17) is 9.47 Å². The minimum Gasteiger partial charge on any atom is -0.472 e. The van der Waals surface area contributed by atoms with Gasteiger partial charge in [0.1, 0.15) is 17.7 Å². The first-order chi connectivity index (χ1) is 26.0. The molecule has 3 aliphatic carbocycles. The van der Waals surface area contributed by atoms with Crippen LogP contribution in [0.3, 0.4) is 0 Å². The second-order valence-corrected chi connectivity index (χ2v) is 17.2. The number of esters is 1. The highest BCUT2D eigenvalue weighted by atomic mass is 32.2. The molecule has 5 atom stereocenters. The Hall–Kier alpha value is -5.04. The molecule has 12 nitrogen and oxygen atoms in total. The topological polar surface area (TPSA) is 161 Å². The van der Waals surface area contributed by atoms with Gasteiger partial charge in [-0.3, -0.25) is 23.9 Å². The van der Waals surface area contributed by atoms with Crippen molar-refractivity contribution >= 4 is 50.6 Å². The first kappa shape index (κ1) is 36.0. The second kappa shape index (κ2) is 14.3. The molecule has 282 valence electrons. The normalized spacial score (nSPS) is 28.0. The number of hydrogen-bond acceptors (Lipinski definition) is 9. The minimum absolute atomic E-state index is 0.0277. The van der Waals surface area contributed by atoms with Gasteiger partial charge in [-0.2, -0.15) is 0 Å². The molecule has 5 aliphatic rings. The van der Waals surface area contributed by atoms with Crippen LogP contribution < -0.4 is 14.8 Å². The summed E-state index contributed by atoms with van der Waals surface area (Å²) in [5.74, 6) is -3.43. The van der Waals surface area contributed by atoms with Crippen molar-refractivity contribution in [1.82, 2.24) is 19.9 Å². The van der Waals surface area contributed by atoms with Crippen LogP contribution >= 0.6 is 0 Å². The summed E-state index contributed by atoms with van der Waals surface area (Å²) in [6, 6.07) is 14.7. The van der Waals surface area contributed by atoms with Crippen LogP contribution in [-0.2, 0) is 46.8 Å². The van der Waals surface area contributed by atoms with Gasteiger partial charge >= 0.3 is 5.97 Å². The van der Waals surface area contributed by atoms with Crippen LogP contribution in [0.2, 0.25) is 0 Å². The van der Waals surface area contributed by atoms with Gasteiger partial charge in [-0.15, -0.1) is 6.58 Å². The first-order valence-corrected chi connectivity index (χ1v) is 20.3. The van der Waals surface area contributed by atoms with Crippen LogP contribution in [-0.4, -0.2) is 78.1 Å². The maximum absolute atomic E-state index is 14.9. The highest BCUT2D eigenvalue weighted by Crippen LogP contribution is 2.46. The molecule has 13 heteroatoms. The number of nitrogens with zero attached hydrogens (tertiary/aromatic N) is 2. The number of cyclic esters (lactones) is 1. The molecule has 2 aromatic carbocycles. The smallest absolute Gasteiger partial charge is 0.306 e. The van der Waals surface area contributed by atoms with E-state index in [0.717, 1.165) is 27.5 Å². The fraction of sp³-hybridized carbons (Fsp3) is 0.439. The number of allylic oxidation sites excluding steroid dienone is 1. The number of aromatic nitrogens is 1. The van der Waals surface area contributed by atoms with Crippen molar-refractivity contribution in [2.24, 2.45) is 17.8 Å². The van der Waals surface area contributed by atoms with E-state index in [1.165, 1.54) is 11.0 Å². The standard InChI is InChI=1S/C41H44N4O8S/c1-2-30-23-41(30,40(49)44-54(50,51)32-13-14-32)43-37(47)35-21-31-24-45(35)39(48)34(29-19-27-9-5-6-10-28(27)20-29)22-36(46)52-17-7-3-4-8-25-11-12-26-15-16-42-38(53-31)33(26)18-25/h2,4-6,8-12,15-16,18,29-32,34-35H,1,3,7,13-14,17,19-24H2,(H,43,47)(H,44,49)/b8-4+/t30-,31+,34-,35-,41+/m0/s1. The summed E-state index contributed by atoms with van der Waals surface area (Å²) >= 11 is 0. The number of pyridine rings is 1. The molecule has 1 saturated heterocycles. The molecular formula is C41H44N4O8S. The number of ether oxygens (including phenoxy) is 2. The zero-order valence-corrected chi connectivity index (χ0v) is 30.8. The molecule has 1 aromatic heterocycles. The second-order valence-electron chi connectivity index (χ2n) is 15.3. The van der Waals surface area contributed by atoms with E-state index in [1.807, 2.05) is 60.7 Å². The van der Waals surface area contributed by atoms with Gasteiger partial charge in [-0.05, 0) is 85.1 Å². The van der Waals surface area contributed by atoms with Crippen molar-refractivity contribution in [3.05, 3.63) is 90.1 Å². The number of hydrogen-bond donors (Lipinski definition) is 2. The van der Waals surface area contributed by atoms with Crippen molar-refractivity contribution in [3.63, 3.8) is 0 Å². The number of nitrogens with one attached hydrogen (secondary N) is 2. The fourth-order valence-electron chi connectivity index (χ4n) is 8.30. The molecular weight excluding hydrogens is 709 g/mol. The lowest BCUT2D eigenvalue weighted by Crippen LogP contribution is -2.57. The third-order valence-electron chi connectivity index (χ3n) is 11.6. The number of carbonyl (C=O) groups excluding carboxylic acids is 4. The van der Waals surface area contributed by atoms with Gasteiger partial charge in [0.15, 0.2) is 0 Å². The van der Waals surface area contributed by atoms with E-state index in [2.05, 4.69) is 21.6 Å². The molecule has 3 heterocycles. The predicted octanol–water partition coefficient (Wildman–Crippen LogP) is 4.02. The Morgan fingerprint density at radius 3 is 2.54 bits per heavy atom. The fourth-order valence-corrected chi connectivity index (χ4v) is 9.66. The molecule has 3 amide bonds. The molecule has 0 spiro atoms. The summed E-state index contributed by atoms with van der Waals surface area (Å²) in [5, 5.41) is 3.92. The molecule has 2 saturated carbocycles.